The van der Waals surface area contributed by atoms with Crippen LogP contribution in [0.3, 0.4) is 0 Å². The Bertz CT molecular complexity index is 1750. The number of ether oxygens (including phenoxy) is 1. The van der Waals surface area contributed by atoms with Crippen molar-refractivity contribution in [3.8, 4) is 11.3 Å². The number of carbonyl (C=O) groups excluding carboxylic acids is 1. The number of fused-ring (bicyclic) bond motifs is 3. The second kappa shape index (κ2) is 12.2. The van der Waals surface area contributed by atoms with Gasteiger partial charge < -0.3 is 25.5 Å². The van der Waals surface area contributed by atoms with Gasteiger partial charge in [-0.1, -0.05) is 13.8 Å². The van der Waals surface area contributed by atoms with E-state index in [0.717, 1.165) is 38.2 Å². The van der Waals surface area contributed by atoms with E-state index in [1.807, 2.05) is 6.07 Å². The summed E-state index contributed by atoms with van der Waals surface area (Å²) in [6.07, 6.45) is 5.21. The minimum absolute atomic E-state index is 0.107. The van der Waals surface area contributed by atoms with Gasteiger partial charge in [0.05, 0.1) is 18.9 Å². The highest BCUT2D eigenvalue weighted by Gasteiger charge is 2.37. The Morgan fingerprint density at radius 2 is 2.04 bits per heavy atom. The molecule has 13 heteroatoms. The highest BCUT2D eigenvalue weighted by atomic mass is 16.5. The first-order valence-corrected chi connectivity index (χ1v) is 15.3. The Balaban J connectivity index is 1.30. The van der Waals surface area contributed by atoms with Crippen molar-refractivity contribution in [3.63, 3.8) is 0 Å². The second-order valence-electron chi connectivity index (χ2n) is 12.7. The number of anilines is 1. The summed E-state index contributed by atoms with van der Waals surface area (Å²) in [5.41, 5.74) is 11.6. The Morgan fingerprint density at radius 1 is 1.22 bits per heavy atom. The Kier molecular flexibility index (Phi) is 8.33. The number of hydrogen-bond acceptors (Lipinski definition) is 9. The van der Waals surface area contributed by atoms with Crippen LogP contribution < -0.4 is 21.5 Å². The van der Waals surface area contributed by atoms with Crippen LogP contribution in [0.15, 0.2) is 46.0 Å². The minimum atomic E-state index is -0.415. The van der Waals surface area contributed by atoms with Crippen molar-refractivity contribution >= 4 is 23.2 Å². The van der Waals surface area contributed by atoms with Crippen LogP contribution in [-0.4, -0.2) is 87.5 Å². The summed E-state index contributed by atoms with van der Waals surface area (Å²) >= 11 is 0. The molecular formula is C32H41N9O4. The number of aliphatic hydroxyl groups is 1. The number of aliphatic imine (C=N–C) groups is 1. The van der Waals surface area contributed by atoms with Gasteiger partial charge in [0, 0.05) is 88.2 Å². The second-order valence-corrected chi connectivity index (χ2v) is 12.7. The van der Waals surface area contributed by atoms with Crippen LogP contribution >= 0.6 is 0 Å². The molecule has 13 nitrogen and oxygen atoms in total. The highest BCUT2D eigenvalue weighted by Crippen LogP contribution is 2.40. The normalized spacial score (nSPS) is 19.1. The highest BCUT2D eigenvalue weighted by molar-refractivity contribution is 6.06. The van der Waals surface area contributed by atoms with Gasteiger partial charge in [0.1, 0.15) is 23.0 Å². The molecule has 45 heavy (non-hydrogen) atoms. The first kappa shape index (κ1) is 30.7. The van der Waals surface area contributed by atoms with Crippen molar-refractivity contribution in [1.29, 1.82) is 0 Å². The lowest BCUT2D eigenvalue weighted by atomic mass is 9.90. The molecule has 1 fully saturated rings. The van der Waals surface area contributed by atoms with Gasteiger partial charge in [-0.25, -0.2) is 14.7 Å². The summed E-state index contributed by atoms with van der Waals surface area (Å²) < 4.78 is 8.53. The average Bonchev–Trinajstić information content (AvgIpc) is 3.50. The van der Waals surface area contributed by atoms with E-state index >= 15 is 0 Å². The van der Waals surface area contributed by atoms with Gasteiger partial charge in [-0.15, -0.1) is 0 Å². The van der Waals surface area contributed by atoms with Crippen molar-refractivity contribution in [2.45, 2.75) is 39.8 Å². The number of aliphatic hydroxyl groups excluding tert-OH is 1. The molecule has 0 aromatic carbocycles. The molecule has 5 heterocycles. The fraction of sp³-hybridized carbons (Fsp3) is 0.469. The Hall–Kier alpha value is -4.33. The fourth-order valence-corrected chi connectivity index (χ4v) is 6.64. The molecule has 6 rings (SSSR count). The van der Waals surface area contributed by atoms with Crippen LogP contribution in [0.4, 0.5) is 11.5 Å². The maximum atomic E-state index is 13.8. The molecular weight excluding hydrogens is 574 g/mol. The maximum absolute atomic E-state index is 13.8. The van der Waals surface area contributed by atoms with Gasteiger partial charge in [-0.3, -0.25) is 19.4 Å². The fourth-order valence-electron chi connectivity index (χ4n) is 6.64. The van der Waals surface area contributed by atoms with Crippen molar-refractivity contribution in [2.24, 2.45) is 23.2 Å². The van der Waals surface area contributed by atoms with Gasteiger partial charge in [-0.05, 0) is 42.0 Å². The number of rotatable bonds is 8. The molecule has 3 aromatic rings. The molecule has 0 bridgehead atoms. The third-order valence-electron chi connectivity index (χ3n) is 8.75. The molecule has 238 valence electrons. The number of pyridine rings is 1. The first-order chi connectivity index (χ1) is 21.6. The molecule has 1 aliphatic carbocycles. The van der Waals surface area contributed by atoms with Crippen LogP contribution in [0.5, 0.6) is 0 Å². The number of nitrogens with one attached hydrogen (secondary N) is 1. The zero-order valence-corrected chi connectivity index (χ0v) is 26.3. The summed E-state index contributed by atoms with van der Waals surface area (Å²) in [7, 11) is 3.22. The largest absolute Gasteiger partial charge is 0.392 e. The molecule has 4 N–H and O–H groups in total. The average molecular weight is 616 g/mol. The number of piperazine rings is 1. The number of nitrogens with zero attached hydrogens (tertiary/aromatic N) is 7. The zero-order chi connectivity index (χ0) is 31.9. The van der Waals surface area contributed by atoms with Crippen LogP contribution in [0, 0.1) is 5.41 Å². The van der Waals surface area contributed by atoms with E-state index in [-0.39, 0.29) is 29.5 Å². The summed E-state index contributed by atoms with van der Waals surface area (Å²) in [6.45, 7) is 8.97. The van der Waals surface area contributed by atoms with Crippen LogP contribution in [-0.2, 0) is 37.8 Å². The summed E-state index contributed by atoms with van der Waals surface area (Å²) in [4.78, 5) is 39.7. The van der Waals surface area contributed by atoms with Crippen LogP contribution in [0.25, 0.3) is 11.3 Å². The maximum Gasteiger partial charge on any atom is 0.292 e. The predicted molar refractivity (Wildman–Crippen MR) is 172 cm³/mol. The molecule has 0 unspecified atom stereocenters. The standard InChI is InChI=1S/C32H41N9O4/c1-32(2)16-20-13-26-31(44)41(10-9-40(26)27(20)17-32)29-23(19-42)22(5-6-35-29)24-15-25(30(43)38(3)37-24)36-28(33)14-21-18-39(8-7-34-21)11-12-45-4/h5-6,13-15,34,42H,7-12,16-19H2,1-4H3,(H2,33,36)/b21-14-. The lowest BCUT2D eigenvalue weighted by Gasteiger charge is -2.30. The molecule has 3 aromatic heterocycles. The Morgan fingerprint density at radius 3 is 2.82 bits per heavy atom. The van der Waals surface area contributed by atoms with Crippen LogP contribution in [0.1, 0.15) is 41.2 Å². The molecule has 0 saturated carbocycles. The molecule has 1 saturated heterocycles. The van der Waals surface area contributed by atoms with Crippen molar-refractivity contribution in [3.05, 3.63) is 69.0 Å². The van der Waals surface area contributed by atoms with Gasteiger partial charge in [0.2, 0.25) is 0 Å². The number of hydrogen-bond donors (Lipinski definition) is 3. The van der Waals surface area contributed by atoms with Gasteiger partial charge in [0.25, 0.3) is 11.5 Å². The first-order valence-electron chi connectivity index (χ1n) is 15.3. The van der Waals surface area contributed by atoms with E-state index in [0.29, 0.717) is 54.6 Å². The van der Waals surface area contributed by atoms with Gasteiger partial charge >= 0.3 is 0 Å². The lowest BCUT2D eigenvalue weighted by molar-refractivity contribution is 0.0962. The SMILES string of the molecule is COCCN1CCN/C(=C\C(N)=Nc2cc(-c3ccnc(N4CCn5c(cc6c5CC(C)(C)C6)C4=O)c3CO)nn(C)c2=O)C1. The molecule has 1 amide bonds. The molecule has 0 spiro atoms. The van der Waals surface area contributed by atoms with E-state index in [9.17, 15) is 14.7 Å². The third-order valence-corrected chi connectivity index (χ3v) is 8.75. The molecule has 0 atom stereocenters. The third kappa shape index (κ3) is 6.02. The van der Waals surface area contributed by atoms with E-state index in [2.05, 4.69) is 43.7 Å². The zero-order valence-electron chi connectivity index (χ0n) is 26.3. The molecule has 2 aliphatic heterocycles. The lowest BCUT2D eigenvalue weighted by Crippen LogP contribution is -2.43. The number of aromatic nitrogens is 4. The number of amides is 1. The van der Waals surface area contributed by atoms with E-state index < -0.39 is 5.56 Å². The topological polar surface area (TPSA) is 156 Å². The number of amidine groups is 1. The van der Waals surface area contributed by atoms with E-state index in [4.69, 9.17) is 10.5 Å². The molecule has 0 radical (unpaired) electrons. The molecule has 3 aliphatic rings. The number of methoxy groups -OCH3 is 1. The van der Waals surface area contributed by atoms with Crippen LogP contribution in [0.2, 0.25) is 0 Å². The number of carbonyl (C=O) groups is 1. The quantitative estimate of drug-likeness (QED) is 0.251. The van der Waals surface area contributed by atoms with Gasteiger partial charge in [-0.2, -0.15) is 5.10 Å². The van der Waals surface area contributed by atoms with E-state index in [1.54, 1.807) is 43.5 Å². The smallest absolute Gasteiger partial charge is 0.292 e. The van der Waals surface area contributed by atoms with Crippen molar-refractivity contribution in [2.75, 3.05) is 51.3 Å². The summed E-state index contributed by atoms with van der Waals surface area (Å²) in [5.74, 6) is 0.402. The Labute approximate surface area is 262 Å². The minimum Gasteiger partial charge on any atom is -0.392 e. The number of aryl methyl sites for hydroxylation is 1. The van der Waals surface area contributed by atoms with Crippen molar-refractivity contribution in [1.82, 2.24) is 29.5 Å². The summed E-state index contributed by atoms with van der Waals surface area (Å²) in [5, 5.41) is 18.4. The monoisotopic (exact) mass is 615 g/mol. The van der Waals surface area contributed by atoms with Gasteiger partial charge in [0.15, 0.2) is 0 Å². The van der Waals surface area contributed by atoms with Crippen molar-refractivity contribution < 1.29 is 14.6 Å². The van der Waals surface area contributed by atoms with E-state index in [1.165, 1.54) is 15.9 Å². The number of nitrogens with two attached hydrogens (primary N) is 1. The summed E-state index contributed by atoms with van der Waals surface area (Å²) in [6, 6.07) is 5.29. The predicted octanol–water partition coefficient (Wildman–Crippen LogP) is 1.35.